The molecule has 0 fully saturated rings. The van der Waals surface area contributed by atoms with Crippen molar-refractivity contribution >= 4 is 23.4 Å². The number of hydrogen-bond donors (Lipinski definition) is 2. The van der Waals surface area contributed by atoms with Gasteiger partial charge in [-0.15, -0.1) is 10.2 Å². The smallest absolute Gasteiger partial charge is 0.240 e. The number of anilines is 1. The zero-order valence-electron chi connectivity index (χ0n) is 17.6. The van der Waals surface area contributed by atoms with E-state index in [2.05, 4.69) is 27.9 Å². The Labute approximate surface area is 191 Å². The summed E-state index contributed by atoms with van der Waals surface area (Å²) in [4.78, 5) is 13.5. The van der Waals surface area contributed by atoms with Crippen molar-refractivity contribution in [2.75, 3.05) is 10.7 Å². The van der Waals surface area contributed by atoms with E-state index in [1.165, 1.54) is 11.8 Å². The largest absolute Gasteiger partial charge is 0.325 e. The number of carbonyl (C=O) groups excluding carboxylic acids is 1. The molecule has 5 rings (SSSR count). The number of benzene rings is 3. The molecular formula is C25H23N5OS. The number of nitrogens with zero attached hydrogens (tertiary/aromatic N) is 3. The molecule has 160 valence electrons. The maximum atomic E-state index is 13.5. The van der Waals surface area contributed by atoms with Crippen LogP contribution in [0.4, 0.5) is 5.69 Å². The van der Waals surface area contributed by atoms with Crippen molar-refractivity contribution in [3.05, 3.63) is 96.1 Å². The molecule has 0 saturated carbocycles. The Balaban J connectivity index is 1.51. The highest BCUT2D eigenvalue weighted by atomic mass is 32.2. The number of aryl methyl sites for hydroxylation is 1. The minimum Gasteiger partial charge on any atom is -0.325 e. The zero-order valence-corrected chi connectivity index (χ0v) is 18.4. The van der Waals surface area contributed by atoms with E-state index in [9.17, 15) is 4.79 Å². The number of para-hydroxylation sites is 1. The minimum atomic E-state index is -0.414. The number of amides is 1. The molecule has 1 aromatic heterocycles. The standard InChI is InChI=1S/C25H23N5OS/c1-2-17-11-9-10-16-20(17)26-24(31)22-21(18-12-5-3-6-13-18)29-30-23(27-28-25(30)32-22)19-14-7-4-8-15-19/h3-16,21-22,29H,2H2,1H3,(H,26,31). The number of hydrogen-bond acceptors (Lipinski definition) is 5. The minimum absolute atomic E-state index is 0.0623. The van der Waals surface area contributed by atoms with Gasteiger partial charge in [0.2, 0.25) is 11.1 Å². The van der Waals surface area contributed by atoms with E-state index in [0.717, 1.165) is 34.6 Å². The molecule has 0 aliphatic carbocycles. The van der Waals surface area contributed by atoms with E-state index in [-0.39, 0.29) is 11.9 Å². The quantitative estimate of drug-likeness (QED) is 0.461. The van der Waals surface area contributed by atoms with Crippen LogP contribution in [0.5, 0.6) is 0 Å². The fraction of sp³-hybridized carbons (Fsp3) is 0.160. The lowest BCUT2D eigenvalue weighted by Crippen LogP contribution is -2.41. The lowest BCUT2D eigenvalue weighted by Gasteiger charge is -2.33. The van der Waals surface area contributed by atoms with Gasteiger partial charge in [-0.05, 0) is 23.6 Å². The van der Waals surface area contributed by atoms with Crippen molar-refractivity contribution in [3.63, 3.8) is 0 Å². The summed E-state index contributed by atoms with van der Waals surface area (Å²) >= 11 is 1.43. The van der Waals surface area contributed by atoms with E-state index in [1.807, 2.05) is 89.6 Å². The molecule has 2 unspecified atom stereocenters. The van der Waals surface area contributed by atoms with Gasteiger partial charge in [-0.3, -0.25) is 4.79 Å². The third-order valence-electron chi connectivity index (χ3n) is 5.54. The lowest BCUT2D eigenvalue weighted by molar-refractivity contribution is -0.116. The summed E-state index contributed by atoms with van der Waals surface area (Å²) in [7, 11) is 0. The molecule has 2 heterocycles. The van der Waals surface area contributed by atoms with E-state index in [0.29, 0.717) is 5.16 Å². The molecular weight excluding hydrogens is 418 g/mol. The van der Waals surface area contributed by atoms with Crippen molar-refractivity contribution in [1.29, 1.82) is 0 Å². The molecule has 3 aromatic carbocycles. The van der Waals surface area contributed by atoms with Crippen LogP contribution in [0.3, 0.4) is 0 Å². The third-order valence-corrected chi connectivity index (χ3v) is 6.76. The first kappa shape index (κ1) is 20.3. The molecule has 6 nitrogen and oxygen atoms in total. The van der Waals surface area contributed by atoms with Crippen LogP contribution in [-0.2, 0) is 11.2 Å². The van der Waals surface area contributed by atoms with Crippen molar-refractivity contribution in [2.45, 2.75) is 29.8 Å². The first-order valence-electron chi connectivity index (χ1n) is 10.6. The summed E-state index contributed by atoms with van der Waals surface area (Å²) in [6, 6.07) is 27.6. The normalized spacial score (nSPS) is 17.3. The number of nitrogens with one attached hydrogen (secondary N) is 2. The van der Waals surface area contributed by atoms with Gasteiger partial charge < -0.3 is 10.7 Å². The Morgan fingerprint density at radius 3 is 2.41 bits per heavy atom. The van der Waals surface area contributed by atoms with Gasteiger partial charge in [0, 0.05) is 11.3 Å². The van der Waals surface area contributed by atoms with E-state index >= 15 is 0 Å². The summed E-state index contributed by atoms with van der Waals surface area (Å²) < 4.78 is 1.89. The predicted molar refractivity (Wildman–Crippen MR) is 128 cm³/mol. The highest BCUT2D eigenvalue weighted by Crippen LogP contribution is 2.39. The Morgan fingerprint density at radius 2 is 1.66 bits per heavy atom. The Kier molecular flexibility index (Phi) is 5.64. The van der Waals surface area contributed by atoms with Gasteiger partial charge >= 0.3 is 0 Å². The Bertz CT molecular complexity index is 1230. The van der Waals surface area contributed by atoms with Gasteiger partial charge in [0.25, 0.3) is 0 Å². The Morgan fingerprint density at radius 1 is 0.969 bits per heavy atom. The first-order valence-corrected chi connectivity index (χ1v) is 11.5. The molecule has 0 spiro atoms. The third kappa shape index (κ3) is 3.87. The lowest BCUT2D eigenvalue weighted by atomic mass is 10.0. The highest BCUT2D eigenvalue weighted by molar-refractivity contribution is 8.00. The molecule has 0 bridgehead atoms. The fourth-order valence-electron chi connectivity index (χ4n) is 3.89. The van der Waals surface area contributed by atoms with E-state index < -0.39 is 5.25 Å². The van der Waals surface area contributed by atoms with Gasteiger partial charge in [-0.1, -0.05) is 97.5 Å². The average Bonchev–Trinajstić information content (AvgIpc) is 3.27. The summed E-state index contributed by atoms with van der Waals surface area (Å²) in [5.74, 6) is 0.664. The first-order chi connectivity index (χ1) is 15.7. The van der Waals surface area contributed by atoms with Crippen LogP contribution in [0, 0.1) is 0 Å². The molecule has 0 saturated heterocycles. The topological polar surface area (TPSA) is 71.8 Å². The second kappa shape index (κ2) is 8.88. The molecule has 1 aliphatic heterocycles. The molecule has 1 aliphatic rings. The van der Waals surface area contributed by atoms with Gasteiger partial charge in [0.05, 0.1) is 6.04 Å². The van der Waals surface area contributed by atoms with Crippen LogP contribution in [-0.4, -0.2) is 26.0 Å². The molecule has 1 amide bonds. The van der Waals surface area contributed by atoms with Crippen LogP contribution < -0.4 is 10.7 Å². The van der Waals surface area contributed by atoms with Crippen LogP contribution in [0.25, 0.3) is 11.4 Å². The van der Waals surface area contributed by atoms with Gasteiger partial charge in [0.1, 0.15) is 5.25 Å². The van der Waals surface area contributed by atoms with E-state index in [1.54, 1.807) is 0 Å². The van der Waals surface area contributed by atoms with Gasteiger partial charge in [-0.25, -0.2) is 4.68 Å². The van der Waals surface area contributed by atoms with Gasteiger partial charge in [0.15, 0.2) is 5.82 Å². The fourth-order valence-corrected chi connectivity index (χ4v) is 4.97. The molecule has 4 aromatic rings. The maximum Gasteiger partial charge on any atom is 0.240 e. The summed E-state index contributed by atoms with van der Waals surface area (Å²) in [5, 5.41) is 12.2. The van der Waals surface area contributed by atoms with Crippen LogP contribution in [0.15, 0.2) is 90.1 Å². The summed E-state index contributed by atoms with van der Waals surface area (Å²) in [6.07, 6.45) is 0.851. The number of carbonyl (C=O) groups is 1. The van der Waals surface area contributed by atoms with Gasteiger partial charge in [-0.2, -0.15) is 0 Å². The van der Waals surface area contributed by atoms with Crippen molar-refractivity contribution < 1.29 is 4.79 Å². The maximum absolute atomic E-state index is 13.5. The van der Waals surface area contributed by atoms with Crippen molar-refractivity contribution in [1.82, 2.24) is 14.9 Å². The Hall–Kier alpha value is -3.58. The van der Waals surface area contributed by atoms with Crippen molar-refractivity contribution in [3.8, 4) is 11.4 Å². The highest BCUT2D eigenvalue weighted by Gasteiger charge is 2.38. The predicted octanol–water partition coefficient (Wildman–Crippen LogP) is 4.91. The summed E-state index contributed by atoms with van der Waals surface area (Å²) in [6.45, 7) is 2.09. The number of aromatic nitrogens is 3. The average molecular weight is 442 g/mol. The molecule has 2 atom stereocenters. The molecule has 2 N–H and O–H groups in total. The number of rotatable bonds is 5. The number of fused-ring (bicyclic) bond motifs is 1. The molecule has 0 radical (unpaired) electrons. The van der Waals surface area contributed by atoms with Crippen LogP contribution in [0.2, 0.25) is 0 Å². The van der Waals surface area contributed by atoms with Crippen molar-refractivity contribution in [2.24, 2.45) is 0 Å². The van der Waals surface area contributed by atoms with Crippen LogP contribution in [0.1, 0.15) is 24.1 Å². The van der Waals surface area contributed by atoms with E-state index in [4.69, 9.17) is 0 Å². The second-order valence-electron chi connectivity index (χ2n) is 7.56. The monoisotopic (exact) mass is 441 g/mol. The summed E-state index contributed by atoms with van der Waals surface area (Å²) in [5.41, 5.74) is 7.47. The second-order valence-corrected chi connectivity index (χ2v) is 8.67. The molecule has 32 heavy (non-hydrogen) atoms. The van der Waals surface area contributed by atoms with Crippen LogP contribution >= 0.6 is 11.8 Å². The number of thioether (sulfide) groups is 1. The molecule has 7 heteroatoms. The SMILES string of the molecule is CCc1ccccc1NC(=O)C1Sc2nnc(-c3ccccc3)n2NC1c1ccccc1. The zero-order chi connectivity index (χ0) is 21.9.